The van der Waals surface area contributed by atoms with Crippen LogP contribution in [0.25, 0.3) is 0 Å². The number of rotatable bonds is 10. The van der Waals surface area contributed by atoms with Crippen molar-refractivity contribution in [1.82, 2.24) is 5.32 Å². The van der Waals surface area contributed by atoms with Crippen LogP contribution >= 0.6 is 0 Å². The lowest BCUT2D eigenvalue weighted by Gasteiger charge is -2.25. The van der Waals surface area contributed by atoms with E-state index >= 15 is 0 Å². The summed E-state index contributed by atoms with van der Waals surface area (Å²) in [6.45, 7) is 13.2. The normalized spacial score (nSPS) is 15.7. The molecule has 3 aromatic rings. The third-order valence-electron chi connectivity index (χ3n) is 7.31. The fourth-order valence-corrected chi connectivity index (χ4v) is 5.10. The van der Waals surface area contributed by atoms with Crippen LogP contribution in [-0.4, -0.2) is 43.6 Å². The first-order valence-corrected chi connectivity index (χ1v) is 13.9. The summed E-state index contributed by atoms with van der Waals surface area (Å²) >= 11 is 0. The maximum absolute atomic E-state index is 13.3. The molecule has 6 nitrogen and oxygen atoms in total. The van der Waals surface area contributed by atoms with Crippen molar-refractivity contribution in [2.75, 3.05) is 31.1 Å². The van der Waals surface area contributed by atoms with Crippen molar-refractivity contribution in [1.29, 1.82) is 0 Å². The van der Waals surface area contributed by atoms with Crippen LogP contribution in [0.3, 0.4) is 0 Å². The van der Waals surface area contributed by atoms with Crippen molar-refractivity contribution in [3.8, 4) is 5.75 Å². The van der Waals surface area contributed by atoms with Crippen LogP contribution in [0.15, 0.2) is 65.7 Å². The van der Waals surface area contributed by atoms with Gasteiger partial charge in [0, 0.05) is 42.9 Å². The highest BCUT2D eigenvalue weighted by Gasteiger charge is 2.35. The second-order valence-corrected chi connectivity index (χ2v) is 10.1. The molecule has 204 valence electrons. The number of Topliss-reactive ketones (excluding diaryl/α,β-unsaturated/α-hetero) is 1. The molecule has 0 saturated heterocycles. The van der Waals surface area contributed by atoms with E-state index in [9.17, 15) is 9.59 Å². The Kier molecular flexibility index (Phi) is 9.18. The van der Waals surface area contributed by atoms with Gasteiger partial charge in [-0.05, 0) is 76.4 Å². The Morgan fingerprint density at radius 2 is 1.72 bits per heavy atom. The molecule has 1 aliphatic carbocycles. The Labute approximate surface area is 232 Å². The molecule has 3 aromatic carbocycles. The summed E-state index contributed by atoms with van der Waals surface area (Å²) in [6.07, 6.45) is 0.924. The van der Waals surface area contributed by atoms with Gasteiger partial charge in [0.1, 0.15) is 11.7 Å². The Balaban J connectivity index is 1.45. The minimum atomic E-state index is -0.797. The summed E-state index contributed by atoms with van der Waals surface area (Å²) in [5, 5.41) is 2.95. The third kappa shape index (κ3) is 6.56. The van der Waals surface area contributed by atoms with E-state index < -0.39 is 5.92 Å². The zero-order chi connectivity index (χ0) is 27.9. The highest BCUT2D eigenvalue weighted by atomic mass is 16.5. The van der Waals surface area contributed by atoms with Crippen LogP contribution in [0.1, 0.15) is 59.3 Å². The van der Waals surface area contributed by atoms with Crippen LogP contribution < -0.4 is 15.0 Å². The molecule has 0 aromatic heterocycles. The number of hydrogen-bond acceptors (Lipinski definition) is 5. The van der Waals surface area contributed by atoms with Crippen LogP contribution in [-0.2, 0) is 4.79 Å². The van der Waals surface area contributed by atoms with Gasteiger partial charge >= 0.3 is 0 Å². The molecule has 1 unspecified atom stereocenters. The number of anilines is 1. The molecule has 0 saturated carbocycles. The van der Waals surface area contributed by atoms with E-state index in [4.69, 9.17) is 9.73 Å². The highest BCUT2D eigenvalue weighted by Crippen LogP contribution is 2.31. The Hall–Kier alpha value is -3.93. The van der Waals surface area contributed by atoms with Gasteiger partial charge in [-0.15, -0.1) is 0 Å². The second kappa shape index (κ2) is 12.7. The molecular weight excluding hydrogens is 486 g/mol. The zero-order valence-corrected chi connectivity index (χ0v) is 23.7. The fraction of sp³-hybridized carbons (Fsp3) is 0.364. The topological polar surface area (TPSA) is 71.0 Å². The lowest BCUT2D eigenvalue weighted by molar-refractivity contribution is -0.123. The van der Waals surface area contributed by atoms with Gasteiger partial charge in [-0.3, -0.25) is 14.6 Å². The van der Waals surface area contributed by atoms with Crippen molar-refractivity contribution in [2.45, 2.75) is 47.5 Å². The average molecular weight is 526 g/mol. The van der Waals surface area contributed by atoms with Crippen molar-refractivity contribution >= 4 is 28.8 Å². The molecular formula is C33H39N3O3. The van der Waals surface area contributed by atoms with Crippen LogP contribution in [0.4, 0.5) is 11.4 Å². The summed E-state index contributed by atoms with van der Waals surface area (Å²) in [5.41, 5.74) is 7.50. The van der Waals surface area contributed by atoms with Crippen molar-refractivity contribution in [3.63, 3.8) is 0 Å². The number of nitrogens with one attached hydrogen (secondary N) is 1. The number of carbonyl (C=O) groups is 2. The molecule has 0 spiro atoms. The summed E-state index contributed by atoms with van der Waals surface area (Å²) < 4.78 is 5.88. The Bertz CT molecular complexity index is 1370. The smallest absolute Gasteiger partial charge is 0.231 e. The van der Waals surface area contributed by atoms with Crippen LogP contribution in [0.2, 0.25) is 0 Å². The van der Waals surface area contributed by atoms with E-state index in [2.05, 4.69) is 56.1 Å². The first-order valence-electron chi connectivity index (χ1n) is 13.9. The van der Waals surface area contributed by atoms with Gasteiger partial charge in [0.05, 0.1) is 18.0 Å². The summed E-state index contributed by atoms with van der Waals surface area (Å²) in [5.74, 6) is -0.356. The molecule has 6 heteroatoms. The van der Waals surface area contributed by atoms with E-state index in [1.54, 1.807) is 6.07 Å². The number of ether oxygens (including phenoxy) is 1. The Morgan fingerprint density at radius 1 is 0.974 bits per heavy atom. The molecule has 1 N–H and O–H groups in total. The van der Waals surface area contributed by atoms with Gasteiger partial charge in [-0.25, -0.2) is 0 Å². The van der Waals surface area contributed by atoms with Crippen LogP contribution in [0.5, 0.6) is 5.75 Å². The molecule has 0 fully saturated rings. The number of benzene rings is 3. The minimum Gasteiger partial charge on any atom is -0.493 e. The number of amides is 1. The second-order valence-electron chi connectivity index (χ2n) is 10.1. The molecule has 1 amide bonds. The van der Waals surface area contributed by atoms with Crippen molar-refractivity contribution < 1.29 is 14.3 Å². The lowest BCUT2D eigenvalue weighted by atomic mass is 9.80. The molecule has 0 radical (unpaired) electrons. The van der Waals surface area contributed by atoms with Gasteiger partial charge < -0.3 is 15.0 Å². The van der Waals surface area contributed by atoms with Crippen molar-refractivity contribution in [3.05, 3.63) is 88.5 Å². The fourth-order valence-electron chi connectivity index (χ4n) is 5.10. The minimum absolute atomic E-state index is 0.151. The molecule has 1 aliphatic rings. The number of aryl methyl sites for hydroxylation is 3. The Morgan fingerprint density at radius 3 is 2.41 bits per heavy atom. The molecule has 1 atom stereocenters. The first kappa shape index (κ1) is 28.1. The van der Waals surface area contributed by atoms with Gasteiger partial charge in [-0.1, -0.05) is 42.0 Å². The van der Waals surface area contributed by atoms with Crippen molar-refractivity contribution in [2.24, 2.45) is 10.9 Å². The molecule has 0 heterocycles. The van der Waals surface area contributed by atoms with Gasteiger partial charge in [-0.2, -0.15) is 0 Å². The molecule has 4 rings (SSSR count). The lowest BCUT2D eigenvalue weighted by Crippen LogP contribution is -2.40. The van der Waals surface area contributed by atoms with E-state index in [0.29, 0.717) is 25.1 Å². The summed E-state index contributed by atoms with van der Waals surface area (Å²) in [7, 11) is 0. The monoisotopic (exact) mass is 525 g/mol. The zero-order valence-electron chi connectivity index (χ0n) is 23.7. The van der Waals surface area contributed by atoms with E-state index in [-0.39, 0.29) is 18.1 Å². The average Bonchev–Trinajstić information content (AvgIpc) is 2.93. The molecule has 0 aliphatic heterocycles. The predicted molar refractivity (Wildman–Crippen MR) is 159 cm³/mol. The first-order chi connectivity index (χ1) is 18.8. The number of nitrogens with zero attached hydrogens (tertiary/aromatic N) is 2. The maximum atomic E-state index is 13.3. The summed E-state index contributed by atoms with van der Waals surface area (Å²) in [4.78, 5) is 33.7. The quantitative estimate of drug-likeness (QED) is 0.247. The van der Waals surface area contributed by atoms with E-state index in [1.807, 2.05) is 43.3 Å². The number of carbonyl (C=O) groups excluding carboxylic acids is 2. The maximum Gasteiger partial charge on any atom is 0.231 e. The molecule has 39 heavy (non-hydrogen) atoms. The standard InChI is InChI=1S/C33H39N3O3/c1-6-36(7-2)25-14-15-29(23(4)20-25)35-30-21-28(32(37)27-12-9-8-11-26(27)30)33(38)34-17-10-18-39-31-16-13-22(3)19-24(31)5/h8-9,11-16,19-20,28H,6-7,10,17-18,21H2,1-5H3,(H,34,38). The van der Waals surface area contributed by atoms with Gasteiger partial charge in [0.2, 0.25) is 5.91 Å². The number of ketones is 1. The SMILES string of the molecule is CCN(CC)c1ccc(N=C2CC(C(=O)NCCCOc3ccc(C)cc3C)C(=O)c3ccccc32)c(C)c1. The number of aliphatic imine (C=N–C) groups is 1. The van der Waals surface area contributed by atoms with E-state index in [0.717, 1.165) is 46.9 Å². The highest BCUT2D eigenvalue weighted by molar-refractivity contribution is 6.23. The predicted octanol–water partition coefficient (Wildman–Crippen LogP) is 6.37. The number of fused-ring (bicyclic) bond motifs is 1. The largest absolute Gasteiger partial charge is 0.493 e. The van der Waals surface area contributed by atoms with Gasteiger partial charge in [0.25, 0.3) is 0 Å². The third-order valence-corrected chi connectivity index (χ3v) is 7.31. The number of hydrogen-bond donors (Lipinski definition) is 1. The van der Waals surface area contributed by atoms with Crippen LogP contribution in [0, 0.1) is 26.7 Å². The summed E-state index contributed by atoms with van der Waals surface area (Å²) in [6, 6.07) is 19.8. The van der Waals surface area contributed by atoms with Gasteiger partial charge in [0.15, 0.2) is 5.78 Å². The molecule has 0 bridgehead atoms. The van der Waals surface area contributed by atoms with E-state index in [1.165, 1.54) is 11.3 Å².